The van der Waals surface area contributed by atoms with Gasteiger partial charge in [0.05, 0.1) is 11.4 Å². The fourth-order valence-electron chi connectivity index (χ4n) is 1.76. The van der Waals surface area contributed by atoms with E-state index in [2.05, 4.69) is 13.8 Å². The molecule has 4 heteroatoms. The predicted octanol–water partition coefficient (Wildman–Crippen LogP) is 1.50. The summed E-state index contributed by atoms with van der Waals surface area (Å²) in [6, 6.07) is 0. The summed E-state index contributed by atoms with van der Waals surface area (Å²) in [6.07, 6.45) is 1.71. The summed E-state index contributed by atoms with van der Waals surface area (Å²) in [5.41, 5.74) is -0.684. The lowest BCUT2D eigenvalue weighted by Gasteiger charge is -2.36. The smallest absolute Gasteiger partial charge is 0.232 e. The Hall–Kier alpha value is -0.220. The minimum atomic E-state index is -0.684. The topological polar surface area (TPSA) is 40.5 Å². The SMILES string of the molecule is CC(C)SCC(=O)N1CCCC(C)(O)C1. The van der Waals surface area contributed by atoms with Gasteiger partial charge < -0.3 is 10.0 Å². The van der Waals surface area contributed by atoms with Crippen LogP contribution >= 0.6 is 11.8 Å². The molecule has 0 spiro atoms. The van der Waals surface area contributed by atoms with E-state index in [0.717, 1.165) is 19.4 Å². The van der Waals surface area contributed by atoms with Crippen LogP contribution in [0.1, 0.15) is 33.6 Å². The largest absolute Gasteiger partial charge is 0.388 e. The third-order valence-corrected chi connectivity index (χ3v) is 3.65. The third-order valence-electron chi connectivity index (χ3n) is 2.57. The van der Waals surface area contributed by atoms with Crippen molar-refractivity contribution < 1.29 is 9.90 Å². The lowest BCUT2D eigenvalue weighted by Crippen LogP contribution is -2.49. The van der Waals surface area contributed by atoms with Crippen LogP contribution in [0.4, 0.5) is 0 Å². The molecule has 0 aromatic rings. The van der Waals surface area contributed by atoms with Crippen molar-refractivity contribution in [1.29, 1.82) is 0 Å². The first-order valence-electron chi connectivity index (χ1n) is 5.52. The Morgan fingerprint density at radius 1 is 1.60 bits per heavy atom. The number of amides is 1. The fraction of sp³-hybridized carbons (Fsp3) is 0.909. The molecule has 0 saturated carbocycles. The second-order valence-corrected chi connectivity index (χ2v) is 6.34. The lowest BCUT2D eigenvalue weighted by atomic mass is 9.95. The summed E-state index contributed by atoms with van der Waals surface area (Å²) in [4.78, 5) is 13.6. The number of rotatable bonds is 3. The number of hydrogen-bond donors (Lipinski definition) is 1. The maximum atomic E-state index is 11.8. The predicted molar refractivity (Wildman–Crippen MR) is 64.0 cm³/mol. The zero-order valence-electron chi connectivity index (χ0n) is 9.82. The summed E-state index contributed by atoms with van der Waals surface area (Å²) >= 11 is 1.66. The molecule has 0 aromatic carbocycles. The van der Waals surface area contributed by atoms with Crippen LogP contribution in [-0.4, -0.2) is 45.6 Å². The highest BCUT2D eigenvalue weighted by atomic mass is 32.2. The van der Waals surface area contributed by atoms with Crippen molar-refractivity contribution in [3.63, 3.8) is 0 Å². The van der Waals surface area contributed by atoms with Gasteiger partial charge >= 0.3 is 0 Å². The molecule has 0 bridgehead atoms. The summed E-state index contributed by atoms with van der Waals surface area (Å²) < 4.78 is 0. The molecular formula is C11H21NO2S. The van der Waals surface area contributed by atoms with Crippen LogP contribution < -0.4 is 0 Å². The second-order valence-electron chi connectivity index (χ2n) is 4.78. The Labute approximate surface area is 96.2 Å². The molecule has 1 aliphatic heterocycles. The van der Waals surface area contributed by atoms with Crippen LogP contribution in [0.2, 0.25) is 0 Å². The maximum Gasteiger partial charge on any atom is 0.232 e. The van der Waals surface area contributed by atoms with Crippen LogP contribution in [0.5, 0.6) is 0 Å². The second kappa shape index (κ2) is 5.21. The van der Waals surface area contributed by atoms with Gasteiger partial charge in [-0.25, -0.2) is 0 Å². The molecule has 1 fully saturated rings. The molecule has 1 atom stereocenters. The van der Waals surface area contributed by atoms with Gasteiger partial charge in [0, 0.05) is 13.1 Å². The lowest BCUT2D eigenvalue weighted by molar-refractivity contribution is -0.134. The zero-order valence-corrected chi connectivity index (χ0v) is 10.6. The molecule has 1 unspecified atom stereocenters. The fourth-order valence-corrected chi connectivity index (χ4v) is 2.42. The van der Waals surface area contributed by atoms with Gasteiger partial charge in [-0.2, -0.15) is 0 Å². The molecule has 15 heavy (non-hydrogen) atoms. The molecular weight excluding hydrogens is 210 g/mol. The van der Waals surface area contributed by atoms with Gasteiger partial charge in [-0.3, -0.25) is 4.79 Å². The molecule has 0 aromatic heterocycles. The highest BCUT2D eigenvalue weighted by Gasteiger charge is 2.30. The van der Waals surface area contributed by atoms with Crippen LogP contribution in [0.3, 0.4) is 0 Å². The Morgan fingerprint density at radius 3 is 2.80 bits per heavy atom. The standard InChI is InChI=1S/C11H21NO2S/c1-9(2)15-7-10(13)12-6-4-5-11(3,14)8-12/h9,14H,4-8H2,1-3H3. The number of thioether (sulfide) groups is 1. The molecule has 1 aliphatic rings. The Balaban J connectivity index is 2.39. The summed E-state index contributed by atoms with van der Waals surface area (Å²) in [7, 11) is 0. The minimum Gasteiger partial charge on any atom is -0.388 e. The van der Waals surface area contributed by atoms with E-state index in [-0.39, 0.29) is 5.91 Å². The molecule has 1 saturated heterocycles. The molecule has 0 radical (unpaired) electrons. The van der Waals surface area contributed by atoms with Crippen molar-refractivity contribution in [2.75, 3.05) is 18.8 Å². The zero-order chi connectivity index (χ0) is 11.5. The van der Waals surface area contributed by atoms with Gasteiger partial charge in [0.15, 0.2) is 0 Å². The molecule has 1 heterocycles. The molecule has 1 rings (SSSR count). The van der Waals surface area contributed by atoms with E-state index in [1.807, 2.05) is 6.92 Å². The summed E-state index contributed by atoms with van der Waals surface area (Å²) in [5, 5.41) is 10.4. The Bertz CT molecular complexity index is 229. The van der Waals surface area contributed by atoms with E-state index < -0.39 is 5.60 Å². The van der Waals surface area contributed by atoms with Gasteiger partial charge in [0.1, 0.15) is 0 Å². The summed E-state index contributed by atoms with van der Waals surface area (Å²) in [6.45, 7) is 7.27. The van der Waals surface area contributed by atoms with E-state index in [1.165, 1.54) is 0 Å². The van der Waals surface area contributed by atoms with Gasteiger partial charge in [0.25, 0.3) is 0 Å². The van der Waals surface area contributed by atoms with Crippen LogP contribution in [-0.2, 0) is 4.79 Å². The first-order valence-corrected chi connectivity index (χ1v) is 6.57. The first kappa shape index (κ1) is 12.8. The third kappa shape index (κ3) is 4.43. The molecule has 1 amide bonds. The number of β-amino-alcohol motifs (C(OH)–C–C–N with tert-alkyl or cyclic N) is 1. The van der Waals surface area contributed by atoms with Crippen molar-refractivity contribution >= 4 is 17.7 Å². The van der Waals surface area contributed by atoms with Crippen LogP contribution in [0.25, 0.3) is 0 Å². The average Bonchev–Trinajstić information content (AvgIpc) is 2.12. The van der Waals surface area contributed by atoms with Crippen molar-refractivity contribution in [3.8, 4) is 0 Å². The highest BCUT2D eigenvalue weighted by Crippen LogP contribution is 2.21. The normalized spacial score (nSPS) is 27.1. The molecule has 0 aliphatic carbocycles. The monoisotopic (exact) mass is 231 g/mol. The van der Waals surface area contributed by atoms with E-state index in [0.29, 0.717) is 17.5 Å². The van der Waals surface area contributed by atoms with E-state index >= 15 is 0 Å². The number of aliphatic hydroxyl groups is 1. The number of carbonyl (C=O) groups is 1. The van der Waals surface area contributed by atoms with E-state index in [1.54, 1.807) is 16.7 Å². The number of likely N-dealkylation sites (tertiary alicyclic amines) is 1. The number of nitrogens with zero attached hydrogens (tertiary/aromatic N) is 1. The molecule has 1 N–H and O–H groups in total. The van der Waals surface area contributed by atoms with E-state index in [4.69, 9.17) is 0 Å². The van der Waals surface area contributed by atoms with Gasteiger partial charge in [-0.1, -0.05) is 13.8 Å². The first-order chi connectivity index (χ1) is 6.91. The van der Waals surface area contributed by atoms with Crippen LogP contribution in [0, 0.1) is 0 Å². The van der Waals surface area contributed by atoms with Gasteiger partial charge in [0.2, 0.25) is 5.91 Å². The van der Waals surface area contributed by atoms with Gasteiger partial charge in [-0.15, -0.1) is 11.8 Å². The number of hydrogen-bond acceptors (Lipinski definition) is 3. The quantitative estimate of drug-likeness (QED) is 0.800. The van der Waals surface area contributed by atoms with Crippen molar-refractivity contribution in [3.05, 3.63) is 0 Å². The van der Waals surface area contributed by atoms with E-state index in [9.17, 15) is 9.90 Å². The highest BCUT2D eigenvalue weighted by molar-refractivity contribution is 8.00. The molecule has 88 valence electrons. The van der Waals surface area contributed by atoms with Crippen molar-refractivity contribution in [2.24, 2.45) is 0 Å². The van der Waals surface area contributed by atoms with Crippen molar-refractivity contribution in [1.82, 2.24) is 4.90 Å². The average molecular weight is 231 g/mol. The number of carbonyl (C=O) groups excluding carboxylic acids is 1. The number of piperidine rings is 1. The maximum absolute atomic E-state index is 11.8. The summed E-state index contributed by atoms with van der Waals surface area (Å²) in [5.74, 6) is 0.696. The van der Waals surface area contributed by atoms with Crippen LogP contribution in [0.15, 0.2) is 0 Å². The Kier molecular flexibility index (Phi) is 4.46. The minimum absolute atomic E-state index is 0.161. The Morgan fingerprint density at radius 2 is 2.27 bits per heavy atom. The molecule has 3 nitrogen and oxygen atoms in total. The van der Waals surface area contributed by atoms with Gasteiger partial charge in [-0.05, 0) is 25.0 Å². The van der Waals surface area contributed by atoms with Crippen molar-refractivity contribution in [2.45, 2.75) is 44.5 Å².